The van der Waals surface area contributed by atoms with Gasteiger partial charge in [-0.05, 0) is 38.6 Å². The van der Waals surface area contributed by atoms with E-state index in [9.17, 15) is 14.7 Å². The molecule has 0 radical (unpaired) electrons. The van der Waals surface area contributed by atoms with Crippen molar-refractivity contribution in [3.05, 3.63) is 12.2 Å². The molecule has 2 bridgehead atoms. The highest BCUT2D eigenvalue weighted by Gasteiger charge is 2.51. The normalized spacial score (nSPS) is 31.6. The number of hydrogen-bond acceptors (Lipinski definition) is 3. The lowest BCUT2D eigenvalue weighted by atomic mass is 9.82. The third kappa shape index (κ3) is 3.28. The molecule has 2 rings (SSSR count). The van der Waals surface area contributed by atoms with Crippen LogP contribution in [0.5, 0.6) is 0 Å². The Balaban J connectivity index is 1.86. The zero-order valence-corrected chi connectivity index (χ0v) is 13.1. The maximum atomic E-state index is 12.3. The molecule has 0 aromatic rings. The number of allylic oxidation sites excluding steroid dienone is 2. The molecule has 21 heavy (non-hydrogen) atoms. The molecule has 2 aliphatic rings. The smallest absolute Gasteiger partial charge is 0.307 e. The van der Waals surface area contributed by atoms with Crippen molar-refractivity contribution in [2.75, 3.05) is 20.1 Å². The second-order valence-electron chi connectivity index (χ2n) is 6.37. The van der Waals surface area contributed by atoms with E-state index in [2.05, 4.69) is 24.1 Å². The van der Waals surface area contributed by atoms with Crippen molar-refractivity contribution in [3.63, 3.8) is 0 Å². The van der Waals surface area contributed by atoms with E-state index < -0.39 is 17.8 Å². The molecule has 1 amide bonds. The topological polar surface area (TPSA) is 69.6 Å². The van der Waals surface area contributed by atoms with Crippen molar-refractivity contribution < 1.29 is 14.7 Å². The minimum absolute atomic E-state index is 0.0334. The van der Waals surface area contributed by atoms with Crippen LogP contribution in [0, 0.1) is 23.7 Å². The molecule has 2 aliphatic carbocycles. The number of nitrogens with zero attached hydrogens (tertiary/aromatic N) is 1. The fourth-order valence-corrected chi connectivity index (χ4v) is 3.52. The van der Waals surface area contributed by atoms with Gasteiger partial charge in [0.25, 0.3) is 0 Å². The molecule has 0 aromatic heterocycles. The van der Waals surface area contributed by atoms with Crippen LogP contribution >= 0.6 is 0 Å². The maximum Gasteiger partial charge on any atom is 0.307 e. The number of amides is 1. The van der Waals surface area contributed by atoms with Crippen LogP contribution in [0.2, 0.25) is 0 Å². The Morgan fingerprint density at radius 2 is 1.95 bits per heavy atom. The molecule has 0 spiro atoms. The van der Waals surface area contributed by atoms with Gasteiger partial charge in [-0.2, -0.15) is 0 Å². The predicted octanol–water partition coefficient (Wildman–Crippen LogP) is 1.36. The largest absolute Gasteiger partial charge is 0.481 e. The van der Waals surface area contributed by atoms with Gasteiger partial charge >= 0.3 is 5.97 Å². The molecule has 0 aromatic carbocycles. The average Bonchev–Trinajstić information content (AvgIpc) is 3.06. The summed E-state index contributed by atoms with van der Waals surface area (Å²) in [5.74, 6) is -1.76. The molecule has 0 heterocycles. The predicted molar refractivity (Wildman–Crippen MR) is 80.7 cm³/mol. The Hall–Kier alpha value is -1.36. The molecule has 3 unspecified atom stereocenters. The van der Waals surface area contributed by atoms with Gasteiger partial charge in [-0.25, -0.2) is 0 Å². The Morgan fingerprint density at radius 1 is 1.33 bits per heavy atom. The first-order valence-electron chi connectivity index (χ1n) is 7.84. The van der Waals surface area contributed by atoms with Gasteiger partial charge in [-0.1, -0.05) is 19.1 Å². The van der Waals surface area contributed by atoms with Crippen LogP contribution in [0.4, 0.5) is 0 Å². The van der Waals surface area contributed by atoms with Crippen molar-refractivity contribution in [2.45, 2.75) is 32.7 Å². The van der Waals surface area contributed by atoms with Crippen molar-refractivity contribution in [1.82, 2.24) is 10.2 Å². The molecule has 118 valence electrons. The first kappa shape index (κ1) is 16.0. The third-order valence-corrected chi connectivity index (χ3v) is 5.15. The van der Waals surface area contributed by atoms with Crippen LogP contribution in [0.1, 0.15) is 26.7 Å². The van der Waals surface area contributed by atoms with Crippen molar-refractivity contribution in [1.29, 1.82) is 0 Å². The van der Waals surface area contributed by atoms with Crippen LogP contribution in [0.25, 0.3) is 0 Å². The van der Waals surface area contributed by atoms with Crippen LogP contribution in [-0.4, -0.2) is 48.1 Å². The summed E-state index contributed by atoms with van der Waals surface area (Å²) in [4.78, 5) is 25.9. The molecule has 1 fully saturated rings. The molecule has 5 nitrogen and oxygen atoms in total. The zero-order chi connectivity index (χ0) is 15.6. The number of rotatable bonds is 7. The highest BCUT2D eigenvalue weighted by atomic mass is 16.4. The van der Waals surface area contributed by atoms with Gasteiger partial charge in [0.1, 0.15) is 0 Å². The molecule has 1 saturated carbocycles. The van der Waals surface area contributed by atoms with Crippen LogP contribution < -0.4 is 5.32 Å². The lowest BCUT2D eigenvalue weighted by Gasteiger charge is -2.26. The maximum absolute atomic E-state index is 12.3. The molecular formula is C16H26N2O3. The SMILES string of the molecule is CCC(C)N(C)CCNC(=O)[C@H]1C2C=CC(C2)[C@H]1C(=O)O. The number of carbonyl (C=O) groups is 2. The van der Waals surface area contributed by atoms with E-state index in [0.717, 1.165) is 19.4 Å². The van der Waals surface area contributed by atoms with E-state index in [1.807, 2.05) is 19.2 Å². The highest BCUT2D eigenvalue weighted by molar-refractivity contribution is 5.86. The minimum atomic E-state index is -0.844. The number of fused-ring (bicyclic) bond motifs is 2. The number of hydrogen-bond donors (Lipinski definition) is 2. The van der Waals surface area contributed by atoms with Gasteiger partial charge in [-0.3, -0.25) is 9.59 Å². The third-order valence-electron chi connectivity index (χ3n) is 5.15. The summed E-state index contributed by atoms with van der Waals surface area (Å²) in [7, 11) is 2.04. The molecule has 0 saturated heterocycles. The first-order chi connectivity index (χ1) is 9.95. The van der Waals surface area contributed by atoms with E-state index in [1.54, 1.807) is 0 Å². The fourth-order valence-electron chi connectivity index (χ4n) is 3.52. The summed E-state index contributed by atoms with van der Waals surface area (Å²) < 4.78 is 0. The second-order valence-corrected chi connectivity index (χ2v) is 6.37. The average molecular weight is 294 g/mol. The summed E-state index contributed by atoms with van der Waals surface area (Å²) >= 11 is 0. The Bertz CT molecular complexity index is 435. The zero-order valence-electron chi connectivity index (χ0n) is 13.1. The number of carboxylic acids is 1. The Kier molecular flexibility index (Phi) is 5.04. The van der Waals surface area contributed by atoms with Crippen molar-refractivity contribution in [2.24, 2.45) is 23.7 Å². The summed E-state index contributed by atoms with van der Waals surface area (Å²) in [5, 5.41) is 12.3. The number of nitrogens with one attached hydrogen (secondary N) is 1. The number of aliphatic carboxylic acids is 1. The van der Waals surface area contributed by atoms with Gasteiger partial charge in [0.05, 0.1) is 11.8 Å². The van der Waals surface area contributed by atoms with Crippen LogP contribution in [0.15, 0.2) is 12.2 Å². The molecule has 5 heteroatoms. The van der Waals surface area contributed by atoms with Crippen LogP contribution in [0.3, 0.4) is 0 Å². The lowest BCUT2D eigenvalue weighted by Crippen LogP contribution is -2.43. The number of carbonyl (C=O) groups excluding carboxylic acids is 1. The Morgan fingerprint density at radius 3 is 2.52 bits per heavy atom. The summed E-state index contributed by atoms with van der Waals surface area (Å²) in [6.07, 6.45) is 5.86. The van der Waals surface area contributed by atoms with Gasteiger partial charge in [0.15, 0.2) is 0 Å². The van der Waals surface area contributed by atoms with Crippen molar-refractivity contribution in [3.8, 4) is 0 Å². The molecular weight excluding hydrogens is 268 g/mol. The van der Waals surface area contributed by atoms with E-state index in [1.165, 1.54) is 0 Å². The number of likely N-dealkylation sites (N-methyl/N-ethyl adjacent to an activating group) is 1. The van der Waals surface area contributed by atoms with E-state index in [-0.39, 0.29) is 17.7 Å². The second kappa shape index (κ2) is 6.60. The van der Waals surface area contributed by atoms with E-state index in [0.29, 0.717) is 12.6 Å². The Labute approximate surface area is 126 Å². The minimum Gasteiger partial charge on any atom is -0.481 e. The summed E-state index contributed by atoms with van der Waals surface area (Å²) in [5.41, 5.74) is 0. The van der Waals surface area contributed by atoms with Gasteiger partial charge in [0.2, 0.25) is 5.91 Å². The monoisotopic (exact) mass is 294 g/mol. The van der Waals surface area contributed by atoms with E-state index >= 15 is 0 Å². The lowest BCUT2D eigenvalue weighted by molar-refractivity contribution is -0.147. The van der Waals surface area contributed by atoms with E-state index in [4.69, 9.17) is 0 Å². The standard InChI is InChI=1S/C16H26N2O3/c1-4-10(2)18(3)8-7-17-15(19)13-11-5-6-12(9-11)14(13)16(20)21/h5-6,10-14H,4,7-9H2,1-3H3,(H,17,19)(H,20,21)/t10?,11?,12?,13-,14+/m0/s1. The van der Waals surface area contributed by atoms with Crippen LogP contribution in [-0.2, 0) is 9.59 Å². The van der Waals surface area contributed by atoms with Gasteiger partial charge in [0, 0.05) is 19.1 Å². The fraction of sp³-hybridized carbons (Fsp3) is 0.750. The molecule has 0 aliphatic heterocycles. The highest BCUT2D eigenvalue weighted by Crippen LogP contribution is 2.48. The molecule has 2 N–H and O–H groups in total. The summed E-state index contributed by atoms with van der Waals surface area (Å²) in [6, 6.07) is 0.485. The first-order valence-corrected chi connectivity index (χ1v) is 7.84. The molecule has 5 atom stereocenters. The van der Waals surface area contributed by atoms with Crippen molar-refractivity contribution >= 4 is 11.9 Å². The summed E-state index contributed by atoms with van der Waals surface area (Å²) in [6.45, 7) is 5.65. The quantitative estimate of drug-likeness (QED) is 0.696. The van der Waals surface area contributed by atoms with Gasteiger partial charge < -0.3 is 15.3 Å². The number of carboxylic acid groups (broad SMARTS) is 1. The van der Waals surface area contributed by atoms with Gasteiger partial charge in [-0.15, -0.1) is 0 Å².